The van der Waals surface area contributed by atoms with E-state index < -0.39 is 0 Å². The number of likely N-dealkylation sites (tertiary alicyclic amines) is 2. The lowest BCUT2D eigenvalue weighted by Crippen LogP contribution is -2.41. The predicted octanol–water partition coefficient (Wildman–Crippen LogP) is 1.81. The zero-order valence-corrected chi connectivity index (χ0v) is 18.1. The number of hydrogen-bond acceptors (Lipinski definition) is 6. The molecule has 7 nitrogen and oxygen atoms in total. The second-order valence-electron chi connectivity index (χ2n) is 8.63. The van der Waals surface area contributed by atoms with E-state index in [4.69, 9.17) is 4.74 Å². The average molecular weight is 416 g/mol. The van der Waals surface area contributed by atoms with E-state index in [0.717, 1.165) is 56.6 Å². The Bertz CT molecular complexity index is 762. The van der Waals surface area contributed by atoms with Crippen LogP contribution in [-0.2, 0) is 19.1 Å². The molecule has 3 aliphatic heterocycles. The summed E-state index contributed by atoms with van der Waals surface area (Å²) in [7, 11) is 0. The number of amides is 2. The normalized spacial score (nSPS) is 26.7. The third-order valence-corrected chi connectivity index (χ3v) is 6.83. The van der Waals surface area contributed by atoms with Crippen LogP contribution in [0.5, 0.6) is 0 Å². The van der Waals surface area contributed by atoms with Crippen molar-refractivity contribution in [1.29, 1.82) is 0 Å². The maximum absolute atomic E-state index is 11.6. The number of hydrogen-bond donors (Lipinski definition) is 1. The molecule has 1 unspecified atom stereocenters. The number of nitrogens with zero attached hydrogens (tertiary/aromatic N) is 2. The minimum Gasteiger partial charge on any atom is -0.492 e. The smallest absolute Gasteiger partial charge is 0.226 e. The Morgan fingerprint density at radius 1 is 1.30 bits per heavy atom. The molecule has 1 spiro atoms. The molecule has 3 heterocycles. The molecule has 2 amide bonds. The molecule has 0 aliphatic carbocycles. The van der Waals surface area contributed by atoms with Gasteiger partial charge < -0.3 is 9.53 Å². The van der Waals surface area contributed by atoms with Crippen molar-refractivity contribution in [3.63, 3.8) is 0 Å². The van der Waals surface area contributed by atoms with Crippen LogP contribution in [-0.4, -0.2) is 73.8 Å². The van der Waals surface area contributed by atoms with Gasteiger partial charge in [-0.2, -0.15) is 0 Å². The van der Waals surface area contributed by atoms with Crippen LogP contribution in [0.1, 0.15) is 39.5 Å². The predicted molar refractivity (Wildman–Crippen MR) is 115 cm³/mol. The lowest BCUT2D eigenvalue weighted by Gasteiger charge is -2.38. The summed E-state index contributed by atoms with van der Waals surface area (Å²) < 4.78 is 6.29. The summed E-state index contributed by atoms with van der Waals surface area (Å²) >= 11 is 0. The number of aldehydes is 1. The van der Waals surface area contributed by atoms with E-state index in [2.05, 4.69) is 41.6 Å². The van der Waals surface area contributed by atoms with E-state index in [1.807, 2.05) is 0 Å². The molecule has 3 fully saturated rings. The standard InChI is InChI=1S/C23H33N3O4/c1-4-20-22(30-15-23(20)7-9-25(10-8-23)11-12-27)19-14-26(13-17(19)2)18(3)5-6-21(29)24-16-28/h4,12,16,18H,2,5-11,13-15H2,1,3H3,(H,24,28,29)/b20-4+,22-19+. The summed E-state index contributed by atoms with van der Waals surface area (Å²) in [6.07, 6.45) is 6.60. The zero-order chi connectivity index (χ0) is 21.7. The fraction of sp³-hybridized carbons (Fsp3) is 0.609. The van der Waals surface area contributed by atoms with Crippen molar-refractivity contribution in [1.82, 2.24) is 15.1 Å². The molecule has 3 aliphatic rings. The van der Waals surface area contributed by atoms with E-state index in [0.29, 0.717) is 32.4 Å². The van der Waals surface area contributed by atoms with E-state index in [9.17, 15) is 14.4 Å². The summed E-state index contributed by atoms with van der Waals surface area (Å²) in [5.74, 6) is 0.742. The first-order chi connectivity index (χ1) is 14.4. The van der Waals surface area contributed by atoms with E-state index in [-0.39, 0.29) is 17.4 Å². The van der Waals surface area contributed by atoms with Crippen molar-refractivity contribution in [2.75, 3.05) is 39.3 Å². The second kappa shape index (κ2) is 9.71. The van der Waals surface area contributed by atoms with Crippen LogP contribution >= 0.6 is 0 Å². The Morgan fingerprint density at radius 2 is 2.03 bits per heavy atom. The first-order valence-corrected chi connectivity index (χ1v) is 10.8. The van der Waals surface area contributed by atoms with Crippen LogP contribution in [0.2, 0.25) is 0 Å². The average Bonchev–Trinajstić information content (AvgIpc) is 3.28. The van der Waals surface area contributed by atoms with Crippen LogP contribution in [0, 0.1) is 5.41 Å². The van der Waals surface area contributed by atoms with Gasteiger partial charge in [-0.3, -0.25) is 24.7 Å². The quantitative estimate of drug-likeness (QED) is 0.639. The molecule has 3 rings (SSSR count). The van der Waals surface area contributed by atoms with Crippen LogP contribution in [0.25, 0.3) is 0 Å². The molecule has 0 aromatic heterocycles. The van der Waals surface area contributed by atoms with Crippen LogP contribution < -0.4 is 5.32 Å². The topological polar surface area (TPSA) is 79.0 Å². The molecule has 0 aromatic rings. The Hall–Kier alpha value is -2.25. The SMILES string of the molecule is C=C1CN(C(C)CCC(=O)NC=O)C/C1=C1\OCC2(CCN(CC=O)CC2)\C1=C\C. The molecule has 1 atom stereocenters. The summed E-state index contributed by atoms with van der Waals surface area (Å²) in [6, 6.07) is 0.202. The molecule has 0 saturated carbocycles. The molecule has 0 radical (unpaired) electrons. The van der Waals surface area contributed by atoms with Gasteiger partial charge in [0.05, 0.1) is 13.2 Å². The molecular weight excluding hydrogens is 382 g/mol. The summed E-state index contributed by atoms with van der Waals surface area (Å²) in [5.41, 5.74) is 3.55. The summed E-state index contributed by atoms with van der Waals surface area (Å²) in [6.45, 7) is 13.0. The third-order valence-electron chi connectivity index (χ3n) is 6.83. The number of nitrogens with one attached hydrogen (secondary N) is 1. The number of allylic oxidation sites excluding steroid dienone is 2. The molecule has 7 heteroatoms. The largest absolute Gasteiger partial charge is 0.492 e. The van der Waals surface area contributed by atoms with Gasteiger partial charge >= 0.3 is 0 Å². The van der Waals surface area contributed by atoms with Gasteiger partial charge in [-0.25, -0.2) is 0 Å². The maximum Gasteiger partial charge on any atom is 0.226 e. The van der Waals surface area contributed by atoms with Crippen LogP contribution in [0.3, 0.4) is 0 Å². The van der Waals surface area contributed by atoms with Crippen molar-refractivity contribution in [3.05, 3.63) is 35.1 Å². The fourth-order valence-corrected chi connectivity index (χ4v) is 4.89. The monoisotopic (exact) mass is 415 g/mol. The van der Waals surface area contributed by atoms with Gasteiger partial charge in [-0.05, 0) is 57.3 Å². The highest BCUT2D eigenvalue weighted by molar-refractivity contribution is 5.85. The Kier molecular flexibility index (Phi) is 7.26. The van der Waals surface area contributed by atoms with Crippen LogP contribution in [0.15, 0.2) is 35.1 Å². The summed E-state index contributed by atoms with van der Waals surface area (Å²) in [5, 5.41) is 2.20. The first-order valence-electron chi connectivity index (χ1n) is 10.8. The van der Waals surface area contributed by atoms with Crippen molar-refractivity contribution in [3.8, 4) is 0 Å². The highest BCUT2D eigenvalue weighted by Gasteiger charge is 2.46. The van der Waals surface area contributed by atoms with Crippen molar-refractivity contribution in [2.24, 2.45) is 5.41 Å². The van der Waals surface area contributed by atoms with Crippen molar-refractivity contribution < 1.29 is 19.1 Å². The third kappa shape index (κ3) is 4.57. The van der Waals surface area contributed by atoms with E-state index in [1.54, 1.807) is 0 Å². The van der Waals surface area contributed by atoms with E-state index in [1.165, 1.54) is 11.1 Å². The molecule has 0 aromatic carbocycles. The van der Waals surface area contributed by atoms with Gasteiger partial charge in [-0.15, -0.1) is 0 Å². The lowest BCUT2D eigenvalue weighted by molar-refractivity contribution is -0.125. The van der Waals surface area contributed by atoms with Gasteiger partial charge in [0.2, 0.25) is 12.3 Å². The van der Waals surface area contributed by atoms with E-state index >= 15 is 0 Å². The number of carbonyl (C=O) groups excluding carboxylic acids is 3. The number of ether oxygens (including phenoxy) is 1. The Labute approximate surface area is 178 Å². The van der Waals surface area contributed by atoms with Gasteiger partial charge in [0, 0.05) is 36.5 Å². The minimum absolute atomic E-state index is 0.0305. The first kappa shape index (κ1) is 22.4. The van der Waals surface area contributed by atoms with Crippen LogP contribution in [0.4, 0.5) is 0 Å². The number of carbonyl (C=O) groups is 3. The molecule has 30 heavy (non-hydrogen) atoms. The Balaban J connectivity index is 1.69. The summed E-state index contributed by atoms with van der Waals surface area (Å²) in [4.78, 5) is 37.3. The number of imide groups is 1. The van der Waals surface area contributed by atoms with Crippen molar-refractivity contribution >= 4 is 18.6 Å². The Morgan fingerprint density at radius 3 is 2.67 bits per heavy atom. The fourth-order valence-electron chi connectivity index (χ4n) is 4.89. The highest BCUT2D eigenvalue weighted by atomic mass is 16.5. The van der Waals surface area contributed by atoms with Crippen molar-refractivity contribution in [2.45, 2.75) is 45.6 Å². The molecule has 1 N–H and O–H groups in total. The van der Waals surface area contributed by atoms with Gasteiger partial charge in [0.1, 0.15) is 12.0 Å². The minimum atomic E-state index is -0.244. The number of rotatable bonds is 7. The molecule has 3 saturated heterocycles. The number of piperidine rings is 1. The van der Waals surface area contributed by atoms with Gasteiger partial charge in [0.25, 0.3) is 0 Å². The second-order valence-corrected chi connectivity index (χ2v) is 8.63. The molecular formula is C23H33N3O4. The van der Waals surface area contributed by atoms with Gasteiger partial charge in [0.15, 0.2) is 0 Å². The maximum atomic E-state index is 11.6. The molecule has 164 valence electrons. The lowest BCUT2D eigenvalue weighted by atomic mass is 9.73. The molecule has 0 bridgehead atoms. The van der Waals surface area contributed by atoms with Gasteiger partial charge in [-0.1, -0.05) is 12.7 Å². The highest BCUT2D eigenvalue weighted by Crippen LogP contribution is 2.50. The zero-order valence-electron chi connectivity index (χ0n) is 18.1.